The van der Waals surface area contributed by atoms with Gasteiger partial charge in [0, 0.05) is 13.7 Å². The second-order valence-electron chi connectivity index (χ2n) is 4.00. The highest BCUT2D eigenvalue weighted by Crippen LogP contribution is 2.18. The van der Waals surface area contributed by atoms with Crippen molar-refractivity contribution in [2.75, 3.05) is 20.8 Å². The SMILES string of the molecule is COCC(C)(C(=O)O)N(C)Cc1ccsc1. The van der Waals surface area contributed by atoms with Crippen molar-refractivity contribution in [1.82, 2.24) is 4.90 Å². The molecule has 90 valence electrons. The summed E-state index contributed by atoms with van der Waals surface area (Å²) in [5.41, 5.74) is 0.132. The van der Waals surface area contributed by atoms with Gasteiger partial charge in [0.25, 0.3) is 0 Å². The molecule has 0 spiro atoms. The van der Waals surface area contributed by atoms with Crippen LogP contribution in [-0.4, -0.2) is 42.3 Å². The first-order valence-electron chi connectivity index (χ1n) is 4.95. The Morgan fingerprint density at radius 3 is 2.81 bits per heavy atom. The first kappa shape index (κ1) is 13.2. The van der Waals surface area contributed by atoms with Crippen molar-refractivity contribution in [3.05, 3.63) is 22.4 Å². The van der Waals surface area contributed by atoms with Gasteiger partial charge < -0.3 is 9.84 Å². The van der Waals surface area contributed by atoms with Crippen molar-refractivity contribution in [2.24, 2.45) is 0 Å². The summed E-state index contributed by atoms with van der Waals surface area (Å²) in [7, 11) is 3.31. The second-order valence-corrected chi connectivity index (χ2v) is 4.78. The standard InChI is InChI=1S/C11H17NO3S/c1-11(8-15-3,10(13)14)12(2)6-9-4-5-16-7-9/h4-5,7H,6,8H2,1-3H3,(H,13,14). The predicted octanol–water partition coefficient (Wildman–Crippen LogP) is 1.67. The van der Waals surface area contributed by atoms with Gasteiger partial charge in [-0.3, -0.25) is 9.69 Å². The van der Waals surface area contributed by atoms with E-state index in [1.54, 1.807) is 30.2 Å². The van der Waals surface area contributed by atoms with E-state index >= 15 is 0 Å². The maximum atomic E-state index is 11.3. The lowest BCUT2D eigenvalue weighted by molar-refractivity contribution is -0.153. The molecule has 1 unspecified atom stereocenters. The van der Waals surface area contributed by atoms with Crippen molar-refractivity contribution in [2.45, 2.75) is 19.0 Å². The number of methoxy groups -OCH3 is 1. The van der Waals surface area contributed by atoms with E-state index in [4.69, 9.17) is 4.74 Å². The van der Waals surface area contributed by atoms with E-state index in [1.807, 2.05) is 16.8 Å². The molecule has 0 aliphatic carbocycles. The summed E-state index contributed by atoms with van der Waals surface area (Å²) in [5.74, 6) is -0.868. The fourth-order valence-electron chi connectivity index (χ4n) is 1.45. The minimum absolute atomic E-state index is 0.170. The molecule has 1 N–H and O–H groups in total. The number of carbonyl (C=O) groups is 1. The Bertz CT molecular complexity index is 339. The van der Waals surface area contributed by atoms with Gasteiger partial charge >= 0.3 is 5.97 Å². The topological polar surface area (TPSA) is 49.8 Å². The summed E-state index contributed by atoms with van der Waals surface area (Å²) in [4.78, 5) is 13.1. The zero-order chi connectivity index (χ0) is 12.2. The quantitative estimate of drug-likeness (QED) is 0.825. The Balaban J connectivity index is 2.75. The van der Waals surface area contributed by atoms with Crippen LogP contribution >= 0.6 is 11.3 Å². The van der Waals surface area contributed by atoms with Crippen molar-refractivity contribution in [1.29, 1.82) is 0 Å². The second kappa shape index (κ2) is 5.43. The highest BCUT2D eigenvalue weighted by atomic mass is 32.1. The number of hydrogen-bond acceptors (Lipinski definition) is 4. The molecule has 0 saturated carbocycles. The summed E-state index contributed by atoms with van der Waals surface area (Å²) in [5, 5.41) is 13.2. The lowest BCUT2D eigenvalue weighted by atomic mass is 10.0. The van der Waals surface area contributed by atoms with E-state index in [2.05, 4.69) is 0 Å². The Kier molecular flexibility index (Phi) is 4.46. The van der Waals surface area contributed by atoms with E-state index in [1.165, 1.54) is 7.11 Å². The fourth-order valence-corrected chi connectivity index (χ4v) is 2.11. The van der Waals surface area contributed by atoms with Crippen LogP contribution in [0.5, 0.6) is 0 Å². The Morgan fingerprint density at radius 2 is 2.38 bits per heavy atom. The molecular weight excluding hydrogens is 226 g/mol. The van der Waals surface area contributed by atoms with E-state index in [0.717, 1.165) is 5.56 Å². The van der Waals surface area contributed by atoms with Crippen LogP contribution in [0.15, 0.2) is 16.8 Å². The molecule has 1 rings (SSSR count). The molecule has 1 aromatic heterocycles. The van der Waals surface area contributed by atoms with Crippen LogP contribution in [0.1, 0.15) is 12.5 Å². The van der Waals surface area contributed by atoms with Crippen LogP contribution in [0.4, 0.5) is 0 Å². The molecule has 0 radical (unpaired) electrons. The normalized spacial score (nSPS) is 15.0. The predicted molar refractivity (Wildman–Crippen MR) is 63.7 cm³/mol. The number of aliphatic carboxylic acids is 1. The van der Waals surface area contributed by atoms with Crippen molar-refractivity contribution < 1.29 is 14.6 Å². The molecule has 1 atom stereocenters. The highest BCUT2D eigenvalue weighted by molar-refractivity contribution is 7.07. The number of rotatable bonds is 6. The van der Waals surface area contributed by atoms with Crippen LogP contribution in [0.25, 0.3) is 0 Å². The maximum Gasteiger partial charge on any atom is 0.326 e. The Hall–Kier alpha value is -0.910. The first-order valence-corrected chi connectivity index (χ1v) is 5.89. The number of carboxylic acids is 1. The minimum atomic E-state index is -0.989. The molecule has 0 fully saturated rings. The van der Waals surface area contributed by atoms with Crippen molar-refractivity contribution in [3.63, 3.8) is 0 Å². The van der Waals surface area contributed by atoms with E-state index in [9.17, 15) is 9.90 Å². The summed E-state index contributed by atoms with van der Waals surface area (Å²) >= 11 is 1.61. The van der Waals surface area contributed by atoms with Gasteiger partial charge in [0.1, 0.15) is 5.54 Å². The molecule has 0 amide bonds. The number of carboxylic acid groups (broad SMARTS) is 1. The number of thiophene rings is 1. The average Bonchev–Trinajstić information content (AvgIpc) is 2.70. The van der Waals surface area contributed by atoms with Gasteiger partial charge in [-0.2, -0.15) is 11.3 Å². The van der Waals surface area contributed by atoms with Crippen molar-refractivity contribution >= 4 is 17.3 Å². The lowest BCUT2D eigenvalue weighted by Gasteiger charge is -2.34. The molecule has 0 saturated heterocycles. The molecule has 1 heterocycles. The van der Waals surface area contributed by atoms with Gasteiger partial charge in [0.15, 0.2) is 0 Å². The van der Waals surface area contributed by atoms with E-state index in [0.29, 0.717) is 6.54 Å². The number of ether oxygens (including phenoxy) is 1. The van der Waals surface area contributed by atoms with Gasteiger partial charge in [0.2, 0.25) is 0 Å². The average molecular weight is 243 g/mol. The monoisotopic (exact) mass is 243 g/mol. The molecule has 5 heteroatoms. The third-order valence-electron chi connectivity index (χ3n) is 2.73. The number of likely N-dealkylation sites (N-methyl/N-ethyl adjacent to an activating group) is 1. The van der Waals surface area contributed by atoms with Gasteiger partial charge in [0.05, 0.1) is 6.61 Å². The molecule has 0 aromatic carbocycles. The summed E-state index contributed by atoms with van der Waals surface area (Å²) in [6, 6.07) is 2.00. The third kappa shape index (κ3) is 2.81. The van der Waals surface area contributed by atoms with Gasteiger partial charge in [-0.05, 0) is 36.4 Å². The highest BCUT2D eigenvalue weighted by Gasteiger charge is 2.37. The smallest absolute Gasteiger partial charge is 0.326 e. The van der Waals surface area contributed by atoms with Crippen molar-refractivity contribution in [3.8, 4) is 0 Å². The summed E-state index contributed by atoms with van der Waals surface area (Å²) < 4.78 is 4.99. The number of nitrogens with zero attached hydrogens (tertiary/aromatic N) is 1. The zero-order valence-corrected chi connectivity index (χ0v) is 10.6. The largest absolute Gasteiger partial charge is 0.480 e. The lowest BCUT2D eigenvalue weighted by Crippen LogP contribution is -2.53. The Labute approximate surface area is 99.5 Å². The number of hydrogen-bond donors (Lipinski definition) is 1. The zero-order valence-electron chi connectivity index (χ0n) is 9.77. The summed E-state index contributed by atoms with van der Waals surface area (Å²) in [6.07, 6.45) is 0. The first-order chi connectivity index (χ1) is 7.50. The fraction of sp³-hybridized carbons (Fsp3) is 0.545. The van der Waals surface area contributed by atoms with Crippen LogP contribution in [0.2, 0.25) is 0 Å². The van der Waals surface area contributed by atoms with Gasteiger partial charge in [-0.25, -0.2) is 0 Å². The molecular formula is C11H17NO3S. The molecule has 0 aliphatic rings. The van der Waals surface area contributed by atoms with Crippen LogP contribution in [-0.2, 0) is 16.1 Å². The van der Waals surface area contributed by atoms with E-state index < -0.39 is 11.5 Å². The van der Waals surface area contributed by atoms with Crippen LogP contribution in [0.3, 0.4) is 0 Å². The maximum absolute atomic E-state index is 11.3. The third-order valence-corrected chi connectivity index (χ3v) is 3.46. The Morgan fingerprint density at radius 1 is 1.69 bits per heavy atom. The summed E-state index contributed by atoms with van der Waals surface area (Å²) in [6.45, 7) is 2.45. The molecule has 1 aromatic rings. The molecule has 16 heavy (non-hydrogen) atoms. The molecule has 4 nitrogen and oxygen atoms in total. The van der Waals surface area contributed by atoms with E-state index in [-0.39, 0.29) is 6.61 Å². The minimum Gasteiger partial charge on any atom is -0.480 e. The van der Waals surface area contributed by atoms with Crippen LogP contribution < -0.4 is 0 Å². The molecule has 0 bridgehead atoms. The van der Waals surface area contributed by atoms with Gasteiger partial charge in [-0.15, -0.1) is 0 Å². The van der Waals surface area contributed by atoms with Crippen LogP contribution in [0, 0.1) is 0 Å². The van der Waals surface area contributed by atoms with Gasteiger partial charge in [-0.1, -0.05) is 0 Å². The molecule has 0 aliphatic heterocycles.